The van der Waals surface area contributed by atoms with E-state index >= 15 is 4.39 Å². The van der Waals surface area contributed by atoms with Crippen molar-refractivity contribution in [3.05, 3.63) is 48.1 Å². The van der Waals surface area contributed by atoms with Gasteiger partial charge in [-0.25, -0.2) is 22.8 Å². The highest BCUT2D eigenvalue weighted by Gasteiger charge is 2.59. The molecule has 26 heavy (non-hydrogen) atoms. The van der Waals surface area contributed by atoms with Crippen molar-refractivity contribution >= 4 is 12.2 Å². The summed E-state index contributed by atoms with van der Waals surface area (Å²) in [7, 11) is 0. The lowest BCUT2D eigenvalue weighted by molar-refractivity contribution is -0.0941. The van der Waals surface area contributed by atoms with E-state index < -0.39 is 47.2 Å². The second-order valence-corrected chi connectivity index (χ2v) is 7.10. The Kier molecular flexibility index (Phi) is 5.07. The number of carbonyl (C=O) groups excluding carboxylic acids is 2. The lowest BCUT2D eigenvalue weighted by Crippen LogP contribution is -2.65. The summed E-state index contributed by atoms with van der Waals surface area (Å²) in [5.74, 6) is -2.12. The zero-order chi connectivity index (χ0) is 19.9. The standard InChI is InChI=1S/C18H20F3NO4/c1-10(19)13-14(21)18(5,11-8-6-7-9-12(11)20)22(15(23)25-13)16(24)26-17(2,3)4/h6-9,13-14H,1H2,2-5H3/t13-,14+,18-/m1/s1. The van der Waals surface area contributed by atoms with Gasteiger partial charge in [0.2, 0.25) is 0 Å². The number of carbonyl (C=O) groups is 2. The van der Waals surface area contributed by atoms with E-state index in [1.54, 1.807) is 20.8 Å². The molecule has 1 aliphatic heterocycles. The number of amides is 2. The molecule has 0 bridgehead atoms. The largest absolute Gasteiger partial charge is 0.443 e. The van der Waals surface area contributed by atoms with Gasteiger partial charge in [-0.2, -0.15) is 4.90 Å². The minimum Gasteiger partial charge on any atom is -0.443 e. The van der Waals surface area contributed by atoms with Crippen LogP contribution in [-0.2, 0) is 15.0 Å². The summed E-state index contributed by atoms with van der Waals surface area (Å²) < 4.78 is 53.1. The molecule has 1 aromatic rings. The van der Waals surface area contributed by atoms with E-state index in [2.05, 4.69) is 11.3 Å². The number of halogens is 3. The van der Waals surface area contributed by atoms with Crippen LogP contribution in [0.4, 0.5) is 22.8 Å². The Morgan fingerprint density at radius 3 is 2.42 bits per heavy atom. The summed E-state index contributed by atoms with van der Waals surface area (Å²) in [6, 6.07) is 5.01. The molecular weight excluding hydrogens is 351 g/mol. The maximum absolute atomic E-state index is 15.2. The third-order valence-corrected chi connectivity index (χ3v) is 3.98. The van der Waals surface area contributed by atoms with Crippen LogP contribution in [0.1, 0.15) is 33.3 Å². The molecule has 0 radical (unpaired) electrons. The number of rotatable bonds is 2. The fourth-order valence-corrected chi connectivity index (χ4v) is 2.76. The highest BCUT2D eigenvalue weighted by molar-refractivity contribution is 5.90. The first-order valence-electron chi connectivity index (χ1n) is 7.86. The molecular formula is C18H20F3NO4. The van der Waals surface area contributed by atoms with Gasteiger partial charge in [-0.05, 0) is 33.8 Å². The van der Waals surface area contributed by atoms with Gasteiger partial charge in [-0.3, -0.25) is 0 Å². The quantitative estimate of drug-likeness (QED) is 0.761. The molecule has 2 amide bonds. The summed E-state index contributed by atoms with van der Waals surface area (Å²) in [5.41, 5.74) is -3.54. The molecule has 0 unspecified atom stereocenters. The van der Waals surface area contributed by atoms with Crippen molar-refractivity contribution in [3.63, 3.8) is 0 Å². The zero-order valence-electron chi connectivity index (χ0n) is 14.9. The SMILES string of the molecule is C=C(F)[C@H]1OC(=O)N(C(=O)OC(C)(C)C)[C@](C)(c2ccccc2F)[C@H]1F. The van der Waals surface area contributed by atoms with Gasteiger partial charge in [0, 0.05) is 5.56 Å². The Labute approximate surface area is 149 Å². The lowest BCUT2D eigenvalue weighted by Gasteiger charge is -2.47. The van der Waals surface area contributed by atoms with E-state index in [0.29, 0.717) is 4.90 Å². The first kappa shape index (κ1) is 19.8. The van der Waals surface area contributed by atoms with Crippen molar-refractivity contribution in [1.29, 1.82) is 0 Å². The predicted molar refractivity (Wildman–Crippen MR) is 87.2 cm³/mol. The lowest BCUT2D eigenvalue weighted by atomic mass is 9.81. The number of nitrogens with zero attached hydrogens (tertiary/aromatic N) is 1. The second kappa shape index (κ2) is 6.66. The average Bonchev–Trinajstić information content (AvgIpc) is 2.49. The monoisotopic (exact) mass is 371 g/mol. The van der Waals surface area contributed by atoms with E-state index in [-0.39, 0.29) is 5.56 Å². The molecule has 0 aliphatic carbocycles. The molecule has 5 nitrogen and oxygen atoms in total. The van der Waals surface area contributed by atoms with Gasteiger partial charge < -0.3 is 9.47 Å². The Morgan fingerprint density at radius 2 is 1.92 bits per heavy atom. The zero-order valence-corrected chi connectivity index (χ0v) is 14.9. The van der Waals surface area contributed by atoms with Crippen LogP contribution in [0.15, 0.2) is 36.7 Å². The Balaban J connectivity index is 2.64. The first-order chi connectivity index (χ1) is 11.9. The molecule has 1 heterocycles. The number of alkyl halides is 1. The van der Waals surface area contributed by atoms with Gasteiger partial charge in [-0.1, -0.05) is 24.8 Å². The molecule has 142 valence electrons. The van der Waals surface area contributed by atoms with Crippen molar-refractivity contribution in [2.24, 2.45) is 0 Å². The van der Waals surface area contributed by atoms with Gasteiger partial charge in [0.25, 0.3) is 0 Å². The number of cyclic esters (lactones) is 1. The number of hydrogen-bond donors (Lipinski definition) is 0. The fraction of sp³-hybridized carbons (Fsp3) is 0.444. The third kappa shape index (κ3) is 3.40. The molecule has 0 aromatic heterocycles. The van der Waals surface area contributed by atoms with Crippen molar-refractivity contribution in [2.45, 2.75) is 51.1 Å². The van der Waals surface area contributed by atoms with Crippen LogP contribution in [0.3, 0.4) is 0 Å². The smallest absolute Gasteiger partial charge is 0.421 e. The van der Waals surface area contributed by atoms with Crippen LogP contribution in [0.5, 0.6) is 0 Å². The van der Waals surface area contributed by atoms with Crippen LogP contribution in [-0.4, -0.2) is 35.0 Å². The predicted octanol–water partition coefficient (Wildman–Crippen LogP) is 4.62. The molecule has 1 saturated heterocycles. The Morgan fingerprint density at radius 1 is 1.35 bits per heavy atom. The highest BCUT2D eigenvalue weighted by atomic mass is 19.1. The van der Waals surface area contributed by atoms with E-state index in [0.717, 1.165) is 13.0 Å². The number of ether oxygens (including phenoxy) is 2. The molecule has 1 fully saturated rings. The fourth-order valence-electron chi connectivity index (χ4n) is 2.76. The minimum atomic E-state index is -2.32. The third-order valence-electron chi connectivity index (χ3n) is 3.98. The van der Waals surface area contributed by atoms with Gasteiger partial charge in [0.05, 0.1) is 0 Å². The van der Waals surface area contributed by atoms with Crippen LogP contribution < -0.4 is 0 Å². The normalized spacial score (nSPS) is 26.3. The molecule has 1 aliphatic rings. The van der Waals surface area contributed by atoms with Gasteiger partial charge >= 0.3 is 12.2 Å². The average molecular weight is 371 g/mol. The van der Waals surface area contributed by atoms with Gasteiger partial charge in [-0.15, -0.1) is 0 Å². The summed E-state index contributed by atoms with van der Waals surface area (Å²) in [4.78, 5) is 25.3. The van der Waals surface area contributed by atoms with Crippen LogP contribution in [0.25, 0.3) is 0 Å². The molecule has 0 saturated carbocycles. The number of benzene rings is 1. The van der Waals surface area contributed by atoms with Crippen LogP contribution in [0.2, 0.25) is 0 Å². The number of hydrogen-bond acceptors (Lipinski definition) is 4. The van der Waals surface area contributed by atoms with E-state index in [1.807, 2.05) is 0 Å². The summed E-state index contributed by atoms with van der Waals surface area (Å²) in [6.45, 7) is 8.69. The second-order valence-electron chi connectivity index (χ2n) is 7.10. The minimum absolute atomic E-state index is 0.318. The van der Waals surface area contributed by atoms with E-state index in [9.17, 15) is 18.4 Å². The van der Waals surface area contributed by atoms with Crippen LogP contribution >= 0.6 is 0 Å². The van der Waals surface area contributed by atoms with E-state index in [4.69, 9.17) is 4.74 Å². The van der Waals surface area contributed by atoms with Gasteiger partial charge in [0.15, 0.2) is 12.3 Å². The molecule has 1 aromatic carbocycles. The maximum atomic E-state index is 15.2. The van der Waals surface area contributed by atoms with Crippen molar-refractivity contribution in [1.82, 2.24) is 4.90 Å². The van der Waals surface area contributed by atoms with Crippen LogP contribution in [0, 0.1) is 5.82 Å². The van der Waals surface area contributed by atoms with Gasteiger partial charge in [0.1, 0.15) is 22.8 Å². The van der Waals surface area contributed by atoms with Crippen molar-refractivity contribution in [3.8, 4) is 0 Å². The Hall–Kier alpha value is -2.51. The molecule has 3 atom stereocenters. The van der Waals surface area contributed by atoms with E-state index in [1.165, 1.54) is 18.2 Å². The molecule has 2 rings (SSSR count). The summed E-state index contributed by atoms with van der Waals surface area (Å²) >= 11 is 0. The van der Waals surface area contributed by atoms with Crippen molar-refractivity contribution in [2.75, 3.05) is 0 Å². The first-order valence-corrected chi connectivity index (χ1v) is 7.86. The molecule has 8 heteroatoms. The Bertz CT molecular complexity index is 746. The molecule has 0 spiro atoms. The number of imide groups is 1. The summed E-state index contributed by atoms with van der Waals surface area (Å²) in [6.07, 6.45) is -6.89. The maximum Gasteiger partial charge on any atom is 0.421 e. The highest BCUT2D eigenvalue weighted by Crippen LogP contribution is 2.43. The topological polar surface area (TPSA) is 55.8 Å². The van der Waals surface area contributed by atoms with Crippen molar-refractivity contribution < 1.29 is 32.2 Å². The molecule has 0 N–H and O–H groups in total. The summed E-state index contributed by atoms with van der Waals surface area (Å²) in [5, 5.41) is 0.